The van der Waals surface area contributed by atoms with Crippen molar-refractivity contribution in [1.29, 1.82) is 0 Å². The molecule has 23 heavy (non-hydrogen) atoms. The van der Waals surface area contributed by atoms with Crippen LogP contribution in [-0.2, 0) is 24.7 Å². The standard InChI is InChI=1S/C18H20N4O/c1-21(10-7-14-5-8-19-9-6-14)18(23)12-15-3-4-17-16(11-15)20-13-22(17)2/h3-6,8-9,11,13H,7,10,12H2,1-2H3. The molecule has 0 saturated heterocycles. The van der Waals surface area contributed by atoms with Crippen molar-refractivity contribution >= 4 is 16.9 Å². The quantitative estimate of drug-likeness (QED) is 0.726. The molecule has 5 nitrogen and oxygen atoms in total. The first-order valence-electron chi connectivity index (χ1n) is 7.66. The maximum absolute atomic E-state index is 12.4. The summed E-state index contributed by atoms with van der Waals surface area (Å²) in [4.78, 5) is 22.5. The fourth-order valence-electron chi connectivity index (χ4n) is 2.57. The molecule has 0 N–H and O–H groups in total. The minimum atomic E-state index is 0.120. The molecule has 0 aliphatic heterocycles. The van der Waals surface area contributed by atoms with Crippen LogP contribution in [0.3, 0.4) is 0 Å². The summed E-state index contributed by atoms with van der Waals surface area (Å²) in [6.07, 6.45) is 6.58. The van der Waals surface area contributed by atoms with Gasteiger partial charge in [-0.1, -0.05) is 6.07 Å². The summed E-state index contributed by atoms with van der Waals surface area (Å²) in [5.41, 5.74) is 4.19. The third-order valence-electron chi connectivity index (χ3n) is 4.06. The summed E-state index contributed by atoms with van der Waals surface area (Å²) in [5.74, 6) is 0.120. The van der Waals surface area contributed by atoms with E-state index in [0.29, 0.717) is 13.0 Å². The lowest BCUT2D eigenvalue weighted by molar-refractivity contribution is -0.129. The van der Waals surface area contributed by atoms with Crippen molar-refractivity contribution in [3.05, 3.63) is 60.2 Å². The van der Waals surface area contributed by atoms with Gasteiger partial charge >= 0.3 is 0 Å². The minimum absolute atomic E-state index is 0.120. The molecule has 2 heterocycles. The molecule has 0 aliphatic carbocycles. The van der Waals surface area contributed by atoms with Crippen LogP contribution < -0.4 is 0 Å². The largest absolute Gasteiger partial charge is 0.345 e. The van der Waals surface area contributed by atoms with Gasteiger partial charge in [-0.05, 0) is 41.8 Å². The van der Waals surface area contributed by atoms with E-state index in [2.05, 4.69) is 9.97 Å². The highest BCUT2D eigenvalue weighted by molar-refractivity contribution is 5.81. The third-order valence-corrected chi connectivity index (χ3v) is 4.06. The molecular weight excluding hydrogens is 288 g/mol. The first-order valence-corrected chi connectivity index (χ1v) is 7.66. The second kappa shape index (κ2) is 6.60. The molecule has 0 radical (unpaired) electrons. The molecule has 0 unspecified atom stereocenters. The van der Waals surface area contributed by atoms with Gasteiger partial charge < -0.3 is 9.47 Å². The summed E-state index contributed by atoms with van der Waals surface area (Å²) in [5, 5.41) is 0. The molecule has 0 aliphatic rings. The lowest BCUT2D eigenvalue weighted by Crippen LogP contribution is -2.30. The van der Waals surface area contributed by atoms with E-state index in [1.165, 1.54) is 5.56 Å². The fraction of sp³-hybridized carbons (Fsp3) is 0.278. The number of rotatable bonds is 5. The van der Waals surface area contributed by atoms with Crippen molar-refractivity contribution in [2.24, 2.45) is 7.05 Å². The van der Waals surface area contributed by atoms with Gasteiger partial charge in [0.2, 0.25) is 5.91 Å². The average Bonchev–Trinajstić information content (AvgIpc) is 2.94. The van der Waals surface area contributed by atoms with Crippen LogP contribution in [0.15, 0.2) is 49.1 Å². The number of aryl methyl sites for hydroxylation is 1. The Morgan fingerprint density at radius 2 is 1.96 bits per heavy atom. The zero-order valence-corrected chi connectivity index (χ0v) is 13.4. The normalized spacial score (nSPS) is 10.9. The SMILES string of the molecule is CN(CCc1ccncc1)C(=O)Cc1ccc2c(c1)ncn2C. The number of pyridine rings is 1. The number of benzene rings is 1. The predicted octanol–water partition coefficient (Wildman–Crippen LogP) is 2.21. The Kier molecular flexibility index (Phi) is 4.37. The topological polar surface area (TPSA) is 51.0 Å². The van der Waals surface area contributed by atoms with Gasteiger partial charge in [0, 0.05) is 33.0 Å². The summed E-state index contributed by atoms with van der Waals surface area (Å²) >= 11 is 0. The Morgan fingerprint density at radius 1 is 1.17 bits per heavy atom. The molecule has 1 amide bonds. The molecular formula is C18H20N4O. The maximum Gasteiger partial charge on any atom is 0.226 e. The summed E-state index contributed by atoms with van der Waals surface area (Å²) in [7, 11) is 3.82. The van der Waals surface area contributed by atoms with Crippen molar-refractivity contribution in [3.8, 4) is 0 Å². The van der Waals surface area contributed by atoms with Gasteiger partial charge in [-0.15, -0.1) is 0 Å². The van der Waals surface area contributed by atoms with Crippen LogP contribution in [0.5, 0.6) is 0 Å². The number of aromatic nitrogens is 3. The smallest absolute Gasteiger partial charge is 0.226 e. The van der Waals surface area contributed by atoms with E-state index in [1.54, 1.807) is 23.6 Å². The second-order valence-corrected chi connectivity index (χ2v) is 5.78. The number of likely N-dealkylation sites (N-methyl/N-ethyl adjacent to an activating group) is 1. The van der Waals surface area contributed by atoms with Crippen molar-refractivity contribution < 1.29 is 4.79 Å². The number of carbonyl (C=O) groups is 1. The lowest BCUT2D eigenvalue weighted by Gasteiger charge is -2.17. The zero-order chi connectivity index (χ0) is 16.2. The first kappa shape index (κ1) is 15.2. The molecule has 0 atom stereocenters. The number of hydrogen-bond acceptors (Lipinski definition) is 3. The van der Waals surface area contributed by atoms with E-state index in [4.69, 9.17) is 0 Å². The Morgan fingerprint density at radius 3 is 2.74 bits per heavy atom. The molecule has 118 valence electrons. The molecule has 0 saturated carbocycles. The van der Waals surface area contributed by atoms with E-state index in [9.17, 15) is 4.79 Å². The molecule has 5 heteroatoms. The van der Waals surface area contributed by atoms with Crippen molar-refractivity contribution in [2.75, 3.05) is 13.6 Å². The van der Waals surface area contributed by atoms with Crippen molar-refractivity contribution in [3.63, 3.8) is 0 Å². The van der Waals surface area contributed by atoms with E-state index in [1.807, 2.05) is 49.0 Å². The Hall–Kier alpha value is -2.69. The van der Waals surface area contributed by atoms with Gasteiger partial charge in [-0.2, -0.15) is 0 Å². The second-order valence-electron chi connectivity index (χ2n) is 5.78. The van der Waals surface area contributed by atoms with Crippen LogP contribution in [0.25, 0.3) is 11.0 Å². The van der Waals surface area contributed by atoms with Gasteiger partial charge in [-0.25, -0.2) is 4.98 Å². The van der Waals surface area contributed by atoms with Crippen molar-refractivity contribution in [2.45, 2.75) is 12.8 Å². The molecule has 1 aromatic carbocycles. The molecule has 0 spiro atoms. The summed E-state index contributed by atoms with van der Waals surface area (Å²) < 4.78 is 1.97. The molecule has 2 aromatic heterocycles. The fourth-order valence-corrected chi connectivity index (χ4v) is 2.57. The average molecular weight is 308 g/mol. The van der Waals surface area contributed by atoms with Crippen LogP contribution in [0, 0.1) is 0 Å². The highest BCUT2D eigenvalue weighted by Crippen LogP contribution is 2.14. The van der Waals surface area contributed by atoms with Crippen LogP contribution >= 0.6 is 0 Å². The van der Waals surface area contributed by atoms with Gasteiger partial charge in [0.25, 0.3) is 0 Å². The number of fused-ring (bicyclic) bond motifs is 1. The summed E-state index contributed by atoms with van der Waals surface area (Å²) in [6.45, 7) is 0.703. The number of nitrogens with zero attached hydrogens (tertiary/aromatic N) is 4. The van der Waals surface area contributed by atoms with Gasteiger partial charge in [0.15, 0.2) is 0 Å². The lowest BCUT2D eigenvalue weighted by atomic mass is 10.1. The van der Waals surface area contributed by atoms with Crippen LogP contribution in [0.4, 0.5) is 0 Å². The zero-order valence-electron chi connectivity index (χ0n) is 13.4. The molecule has 3 rings (SSSR count). The first-order chi connectivity index (χ1) is 11.1. The van der Waals surface area contributed by atoms with Crippen LogP contribution in [-0.4, -0.2) is 38.9 Å². The van der Waals surface area contributed by atoms with E-state index in [0.717, 1.165) is 23.0 Å². The number of carbonyl (C=O) groups excluding carboxylic acids is 1. The van der Waals surface area contributed by atoms with Crippen LogP contribution in [0.2, 0.25) is 0 Å². The molecule has 3 aromatic rings. The number of amides is 1. The number of hydrogen-bond donors (Lipinski definition) is 0. The van der Waals surface area contributed by atoms with E-state index >= 15 is 0 Å². The Labute approximate surface area is 135 Å². The molecule has 0 bridgehead atoms. The van der Waals surface area contributed by atoms with Crippen LogP contribution in [0.1, 0.15) is 11.1 Å². The molecule has 0 fully saturated rings. The Bertz CT molecular complexity index is 810. The van der Waals surface area contributed by atoms with Gasteiger partial charge in [0.1, 0.15) is 0 Å². The van der Waals surface area contributed by atoms with E-state index < -0.39 is 0 Å². The van der Waals surface area contributed by atoms with Crippen molar-refractivity contribution in [1.82, 2.24) is 19.4 Å². The van der Waals surface area contributed by atoms with Gasteiger partial charge in [-0.3, -0.25) is 9.78 Å². The number of imidazole rings is 1. The maximum atomic E-state index is 12.4. The highest BCUT2D eigenvalue weighted by Gasteiger charge is 2.11. The summed E-state index contributed by atoms with van der Waals surface area (Å²) in [6, 6.07) is 9.96. The monoisotopic (exact) mass is 308 g/mol. The third kappa shape index (κ3) is 3.56. The highest BCUT2D eigenvalue weighted by atomic mass is 16.2. The van der Waals surface area contributed by atoms with Gasteiger partial charge in [0.05, 0.1) is 23.8 Å². The van der Waals surface area contributed by atoms with E-state index in [-0.39, 0.29) is 5.91 Å². The Balaban J connectivity index is 1.60. The predicted molar refractivity (Wildman–Crippen MR) is 90.0 cm³/mol. The minimum Gasteiger partial charge on any atom is -0.345 e.